The van der Waals surface area contributed by atoms with Crippen LogP contribution in [0.25, 0.3) is 49.0 Å². The molecule has 6 heteroatoms. The van der Waals surface area contributed by atoms with Gasteiger partial charge in [0, 0.05) is 72.0 Å². The van der Waals surface area contributed by atoms with Crippen LogP contribution in [0.4, 0.5) is 45.5 Å². The second-order valence-electron chi connectivity index (χ2n) is 21.1. The SMILES string of the molecule is Cc1ccc(N(c2ccc(C)cc2)c2c3ccccc3c(N(c3ccc(C)cc3)c3ccc(C)cc3)c3ccccc23)cc1.O=C1c2cc3c(cc2N(c2ccccc2)C2C=CC=CC12)c(=O)c1ccccc1n3-c1ccccc1. The highest BCUT2D eigenvalue weighted by atomic mass is 16.1. The van der Waals surface area contributed by atoms with E-state index in [9.17, 15) is 9.59 Å². The summed E-state index contributed by atoms with van der Waals surface area (Å²) in [5.74, 6) is -0.220. The van der Waals surface area contributed by atoms with Gasteiger partial charge in [0.15, 0.2) is 11.2 Å². The number of carbonyl (C=O) groups excluding carboxylic acids is 1. The number of aromatic nitrogens is 1. The fourth-order valence-electron chi connectivity index (χ4n) is 11.8. The Kier molecular flexibility index (Phi) is 12.8. The number of hydrogen-bond donors (Lipinski definition) is 0. The molecular weight excluding hydrogens is 977 g/mol. The maximum Gasteiger partial charge on any atom is 0.197 e. The Labute approximate surface area is 466 Å². The van der Waals surface area contributed by atoms with Crippen molar-refractivity contribution >= 4 is 94.6 Å². The molecule has 2 aliphatic rings. The fourth-order valence-corrected chi connectivity index (χ4v) is 11.8. The molecule has 1 aromatic heterocycles. The lowest BCUT2D eigenvalue weighted by Crippen LogP contribution is -2.44. The molecule has 80 heavy (non-hydrogen) atoms. The Morgan fingerprint density at radius 1 is 0.362 bits per heavy atom. The molecule has 0 amide bonds. The molecular formula is C74H58N4O2. The molecule has 0 spiro atoms. The van der Waals surface area contributed by atoms with E-state index in [0.29, 0.717) is 16.3 Å². The summed E-state index contributed by atoms with van der Waals surface area (Å²) in [5.41, 5.74) is 16.7. The summed E-state index contributed by atoms with van der Waals surface area (Å²) in [6, 6.07) is 84.7. The van der Waals surface area contributed by atoms with Crippen LogP contribution in [0.5, 0.6) is 0 Å². The van der Waals surface area contributed by atoms with Crippen molar-refractivity contribution in [3.05, 3.63) is 305 Å². The van der Waals surface area contributed by atoms with Crippen molar-refractivity contribution in [3.63, 3.8) is 0 Å². The number of carbonyl (C=O) groups is 1. The minimum Gasteiger partial charge on any atom is -0.333 e. The lowest BCUT2D eigenvalue weighted by molar-refractivity contribution is 0.0931. The van der Waals surface area contributed by atoms with Gasteiger partial charge in [0.25, 0.3) is 0 Å². The normalized spacial score (nSPS) is 14.4. The summed E-state index contributed by atoms with van der Waals surface area (Å²) >= 11 is 0. The summed E-state index contributed by atoms with van der Waals surface area (Å²) in [4.78, 5) is 34.7. The first-order chi connectivity index (χ1) is 39.2. The van der Waals surface area contributed by atoms with Crippen LogP contribution in [0.1, 0.15) is 32.6 Å². The second-order valence-corrected chi connectivity index (χ2v) is 21.1. The molecule has 0 saturated heterocycles. The van der Waals surface area contributed by atoms with Crippen molar-refractivity contribution < 1.29 is 4.79 Å². The zero-order valence-corrected chi connectivity index (χ0v) is 45.2. The maximum absolute atomic E-state index is 13.9. The van der Waals surface area contributed by atoms with Gasteiger partial charge in [-0.15, -0.1) is 0 Å². The van der Waals surface area contributed by atoms with E-state index in [0.717, 1.165) is 50.8 Å². The van der Waals surface area contributed by atoms with E-state index in [1.165, 1.54) is 55.2 Å². The third-order valence-electron chi connectivity index (χ3n) is 15.8. The average molecular weight is 1040 g/mol. The van der Waals surface area contributed by atoms with Gasteiger partial charge in [-0.05, 0) is 125 Å². The average Bonchev–Trinajstić information content (AvgIpc) is 3.68. The standard InChI is InChI=1S/C42H36N2.C32H22N2O2/c1-29-13-21-33(22-14-29)43(34-23-15-30(2)16-24-34)41-37-9-5-7-11-39(37)42(40-12-8-6-10-38(40)41)44(35-25-17-31(3)18-26-35)36-27-19-32(4)20-28-36;35-31-23-15-7-9-17-27(23)33(21-11-3-1-4-12-21)29-19-26-30(20-25(29)31)34(22-13-5-2-6-14-22)28-18-10-8-16-24(28)32(26)36/h5-28H,1-4H3;1-20,23,27H. The highest BCUT2D eigenvalue weighted by Crippen LogP contribution is 2.51. The highest BCUT2D eigenvalue weighted by Gasteiger charge is 2.40. The first-order valence-corrected chi connectivity index (χ1v) is 27.4. The number of hydrogen-bond acceptors (Lipinski definition) is 5. The number of ketones is 1. The minimum atomic E-state index is -0.294. The van der Waals surface area contributed by atoms with Crippen LogP contribution >= 0.6 is 0 Å². The molecule has 2 atom stereocenters. The summed E-state index contributed by atoms with van der Waals surface area (Å²) in [6.07, 6.45) is 8.00. The van der Waals surface area contributed by atoms with E-state index in [1.807, 2.05) is 103 Å². The second kappa shape index (κ2) is 20.7. The van der Waals surface area contributed by atoms with E-state index in [2.05, 4.69) is 211 Å². The molecule has 0 bridgehead atoms. The summed E-state index contributed by atoms with van der Waals surface area (Å²) < 4.78 is 2.09. The Morgan fingerprint density at radius 2 is 0.750 bits per heavy atom. The Hall–Kier alpha value is -10.0. The van der Waals surface area contributed by atoms with Crippen molar-refractivity contribution in [1.29, 1.82) is 0 Å². The Balaban J connectivity index is 0.000000154. The number of pyridine rings is 1. The van der Waals surface area contributed by atoms with Crippen LogP contribution < -0.4 is 20.1 Å². The Bertz CT molecular complexity index is 4130. The number of rotatable bonds is 8. The molecule has 12 aromatic rings. The van der Waals surface area contributed by atoms with Gasteiger partial charge in [-0.1, -0.05) is 192 Å². The molecule has 11 aromatic carbocycles. The van der Waals surface area contributed by atoms with Gasteiger partial charge in [0.1, 0.15) is 0 Å². The third-order valence-corrected chi connectivity index (χ3v) is 15.8. The van der Waals surface area contributed by atoms with E-state index < -0.39 is 0 Å². The summed E-state index contributed by atoms with van der Waals surface area (Å²) in [7, 11) is 0. The van der Waals surface area contributed by atoms with Gasteiger partial charge in [0.2, 0.25) is 0 Å². The lowest BCUT2D eigenvalue weighted by atomic mass is 9.81. The van der Waals surface area contributed by atoms with Crippen LogP contribution in [-0.2, 0) is 0 Å². The number of fused-ring (bicyclic) bond motifs is 6. The van der Waals surface area contributed by atoms with E-state index in [1.54, 1.807) is 0 Å². The largest absolute Gasteiger partial charge is 0.333 e. The number of anilines is 8. The number of benzene rings is 11. The van der Waals surface area contributed by atoms with Crippen LogP contribution in [0, 0.1) is 33.6 Å². The molecule has 2 heterocycles. The van der Waals surface area contributed by atoms with Crippen molar-refractivity contribution in [2.75, 3.05) is 14.7 Å². The predicted molar refractivity (Wildman–Crippen MR) is 335 cm³/mol. The van der Waals surface area contributed by atoms with E-state index >= 15 is 0 Å². The number of nitrogens with zero attached hydrogens (tertiary/aromatic N) is 4. The third kappa shape index (κ3) is 8.81. The summed E-state index contributed by atoms with van der Waals surface area (Å²) in [6.45, 7) is 8.57. The summed E-state index contributed by atoms with van der Waals surface area (Å²) in [5, 5.41) is 6.05. The van der Waals surface area contributed by atoms with Crippen molar-refractivity contribution in [2.45, 2.75) is 33.7 Å². The van der Waals surface area contributed by atoms with Gasteiger partial charge >= 0.3 is 0 Å². The van der Waals surface area contributed by atoms with Crippen LogP contribution in [-0.4, -0.2) is 16.4 Å². The smallest absolute Gasteiger partial charge is 0.197 e. The number of Topliss-reactive ketones (excluding diaryl/α,β-unsaturated/α-hetero) is 1. The first kappa shape index (κ1) is 49.5. The maximum atomic E-state index is 13.9. The lowest BCUT2D eigenvalue weighted by Gasteiger charge is -2.41. The predicted octanol–water partition coefficient (Wildman–Crippen LogP) is 18.8. The highest BCUT2D eigenvalue weighted by molar-refractivity contribution is 6.23. The van der Waals surface area contributed by atoms with Crippen LogP contribution in [0.3, 0.4) is 0 Å². The van der Waals surface area contributed by atoms with Crippen LogP contribution in [0.2, 0.25) is 0 Å². The molecule has 1 aliphatic heterocycles. The fraction of sp³-hybridized carbons (Fsp3) is 0.0811. The van der Waals surface area contributed by atoms with E-state index in [4.69, 9.17) is 0 Å². The van der Waals surface area contributed by atoms with Gasteiger partial charge < -0.3 is 19.3 Å². The topological polar surface area (TPSA) is 48.8 Å². The number of para-hydroxylation sites is 3. The molecule has 14 rings (SSSR count). The quantitative estimate of drug-likeness (QED) is 0.112. The molecule has 0 radical (unpaired) electrons. The molecule has 0 fully saturated rings. The van der Waals surface area contributed by atoms with E-state index in [-0.39, 0.29) is 23.2 Å². The molecule has 0 saturated carbocycles. The van der Waals surface area contributed by atoms with Crippen LogP contribution in [0.15, 0.2) is 272 Å². The number of aryl methyl sites for hydroxylation is 4. The van der Waals surface area contributed by atoms with Gasteiger partial charge in [-0.25, -0.2) is 0 Å². The van der Waals surface area contributed by atoms with Gasteiger partial charge in [-0.3, -0.25) is 9.59 Å². The molecule has 6 nitrogen and oxygen atoms in total. The molecule has 2 unspecified atom stereocenters. The van der Waals surface area contributed by atoms with Crippen molar-refractivity contribution in [1.82, 2.24) is 4.57 Å². The zero-order valence-electron chi connectivity index (χ0n) is 45.2. The monoisotopic (exact) mass is 1030 g/mol. The van der Waals surface area contributed by atoms with Gasteiger partial charge in [0.05, 0.1) is 40.1 Å². The van der Waals surface area contributed by atoms with Crippen molar-refractivity contribution in [3.8, 4) is 5.69 Å². The zero-order chi connectivity index (χ0) is 54.4. The van der Waals surface area contributed by atoms with Gasteiger partial charge in [-0.2, -0.15) is 0 Å². The molecule has 386 valence electrons. The Morgan fingerprint density at radius 3 is 1.20 bits per heavy atom. The number of allylic oxidation sites excluding steroid dienone is 2. The molecule has 1 aliphatic carbocycles. The molecule has 0 N–H and O–H groups in total. The van der Waals surface area contributed by atoms with Crippen molar-refractivity contribution in [2.24, 2.45) is 5.92 Å². The minimum absolute atomic E-state index is 0.0303. The first-order valence-electron chi connectivity index (χ1n) is 27.4.